The number of rotatable bonds is 9. The summed E-state index contributed by atoms with van der Waals surface area (Å²) in [7, 11) is 0. The van der Waals surface area contributed by atoms with Crippen LogP contribution in [-0.4, -0.2) is 36.4 Å². The van der Waals surface area contributed by atoms with Crippen molar-refractivity contribution in [2.75, 3.05) is 19.7 Å². The summed E-state index contributed by atoms with van der Waals surface area (Å²) in [5, 5.41) is 2.73. The van der Waals surface area contributed by atoms with E-state index in [2.05, 4.69) is 19.2 Å². The van der Waals surface area contributed by atoms with E-state index in [1.165, 1.54) is 22.6 Å². The molecule has 0 aliphatic carbocycles. The van der Waals surface area contributed by atoms with Crippen molar-refractivity contribution in [3.8, 4) is 5.75 Å². The van der Waals surface area contributed by atoms with Crippen LogP contribution in [-0.2, 0) is 16.1 Å². The van der Waals surface area contributed by atoms with E-state index in [1.807, 2.05) is 31.2 Å². The lowest BCUT2D eigenvalue weighted by atomic mass is 10.0. The molecule has 0 radical (unpaired) electrons. The molecule has 0 atom stereocenters. The molecular formula is C22H27FN2O3. The molecule has 0 aromatic heterocycles. The molecule has 0 fully saturated rings. The number of likely N-dealkylation sites (N-methyl/N-ethyl adjacent to an activating group) is 1. The van der Waals surface area contributed by atoms with E-state index < -0.39 is 0 Å². The van der Waals surface area contributed by atoms with Crippen LogP contribution >= 0.6 is 0 Å². The van der Waals surface area contributed by atoms with E-state index in [-0.39, 0.29) is 37.3 Å². The molecule has 2 aromatic rings. The molecule has 6 heteroatoms. The molecule has 0 saturated heterocycles. The van der Waals surface area contributed by atoms with Crippen LogP contribution in [0.3, 0.4) is 0 Å². The molecule has 2 amide bonds. The number of halogens is 1. The standard InChI is InChI=1S/C22H27FN2O3/c1-4-25(14-21(26)24-13-17-5-9-19(23)10-6-17)22(27)15-28-20-11-7-18(8-12-20)16(2)3/h5-12,16H,4,13-15H2,1-3H3,(H,24,26). The van der Waals surface area contributed by atoms with Gasteiger partial charge in [0.1, 0.15) is 11.6 Å². The van der Waals surface area contributed by atoms with Crippen molar-refractivity contribution in [1.82, 2.24) is 10.2 Å². The highest BCUT2D eigenvalue weighted by atomic mass is 19.1. The highest BCUT2D eigenvalue weighted by Crippen LogP contribution is 2.18. The van der Waals surface area contributed by atoms with Crippen molar-refractivity contribution < 1.29 is 18.7 Å². The first-order valence-corrected chi connectivity index (χ1v) is 9.40. The summed E-state index contributed by atoms with van der Waals surface area (Å²) >= 11 is 0. The van der Waals surface area contributed by atoms with Gasteiger partial charge in [-0.2, -0.15) is 0 Å². The highest BCUT2D eigenvalue weighted by molar-refractivity contribution is 5.85. The van der Waals surface area contributed by atoms with Crippen LogP contribution in [0, 0.1) is 5.82 Å². The molecule has 0 aliphatic rings. The average Bonchev–Trinajstić information content (AvgIpc) is 2.70. The lowest BCUT2D eigenvalue weighted by Gasteiger charge is -2.20. The van der Waals surface area contributed by atoms with Gasteiger partial charge in [0.15, 0.2) is 6.61 Å². The fourth-order valence-electron chi connectivity index (χ4n) is 2.59. The molecule has 0 saturated carbocycles. The smallest absolute Gasteiger partial charge is 0.260 e. The normalized spacial score (nSPS) is 10.6. The second-order valence-electron chi connectivity index (χ2n) is 6.82. The summed E-state index contributed by atoms with van der Waals surface area (Å²) in [6.45, 7) is 6.54. The quantitative estimate of drug-likeness (QED) is 0.718. The minimum absolute atomic E-state index is 0.0494. The number of benzene rings is 2. The first kappa shape index (κ1) is 21.4. The second-order valence-corrected chi connectivity index (χ2v) is 6.82. The van der Waals surface area contributed by atoms with E-state index in [9.17, 15) is 14.0 Å². The van der Waals surface area contributed by atoms with Crippen LogP contribution in [0.1, 0.15) is 37.8 Å². The zero-order valence-corrected chi connectivity index (χ0v) is 16.6. The van der Waals surface area contributed by atoms with Crippen molar-refractivity contribution in [2.24, 2.45) is 0 Å². The molecule has 0 unspecified atom stereocenters. The number of hydrogen-bond acceptors (Lipinski definition) is 3. The first-order valence-electron chi connectivity index (χ1n) is 9.40. The zero-order valence-electron chi connectivity index (χ0n) is 16.6. The summed E-state index contributed by atoms with van der Waals surface area (Å²) in [6, 6.07) is 13.5. The summed E-state index contributed by atoms with van der Waals surface area (Å²) in [6.07, 6.45) is 0. The van der Waals surface area contributed by atoms with Crippen LogP contribution in [0.2, 0.25) is 0 Å². The van der Waals surface area contributed by atoms with Gasteiger partial charge in [0, 0.05) is 13.1 Å². The maximum absolute atomic E-state index is 12.9. The van der Waals surface area contributed by atoms with Crippen molar-refractivity contribution in [1.29, 1.82) is 0 Å². The molecule has 28 heavy (non-hydrogen) atoms. The van der Waals surface area contributed by atoms with Gasteiger partial charge in [-0.25, -0.2) is 4.39 Å². The van der Waals surface area contributed by atoms with E-state index in [1.54, 1.807) is 12.1 Å². The number of carbonyl (C=O) groups is 2. The zero-order chi connectivity index (χ0) is 20.5. The van der Waals surface area contributed by atoms with Gasteiger partial charge in [-0.3, -0.25) is 9.59 Å². The molecule has 5 nitrogen and oxygen atoms in total. The van der Waals surface area contributed by atoms with Gasteiger partial charge in [-0.1, -0.05) is 38.1 Å². The fraction of sp³-hybridized carbons (Fsp3) is 0.364. The summed E-state index contributed by atoms with van der Waals surface area (Å²) in [4.78, 5) is 25.9. The third-order valence-electron chi connectivity index (χ3n) is 4.38. The summed E-state index contributed by atoms with van der Waals surface area (Å²) in [5.41, 5.74) is 1.99. The Kier molecular flexibility index (Phi) is 7.99. The minimum Gasteiger partial charge on any atom is -0.484 e. The van der Waals surface area contributed by atoms with Gasteiger partial charge >= 0.3 is 0 Å². The third kappa shape index (κ3) is 6.68. The van der Waals surface area contributed by atoms with E-state index in [0.29, 0.717) is 18.2 Å². The van der Waals surface area contributed by atoms with Gasteiger partial charge in [0.05, 0.1) is 6.54 Å². The molecule has 0 aliphatic heterocycles. The second kappa shape index (κ2) is 10.4. The largest absolute Gasteiger partial charge is 0.484 e. The Hall–Kier alpha value is -2.89. The average molecular weight is 386 g/mol. The molecular weight excluding hydrogens is 359 g/mol. The van der Waals surface area contributed by atoms with Crippen LogP contribution in [0.25, 0.3) is 0 Å². The predicted octanol–water partition coefficient (Wildman–Crippen LogP) is 3.49. The molecule has 150 valence electrons. The van der Waals surface area contributed by atoms with Crippen LogP contribution in [0.5, 0.6) is 5.75 Å². The van der Waals surface area contributed by atoms with Crippen LogP contribution in [0.4, 0.5) is 4.39 Å². The van der Waals surface area contributed by atoms with Crippen molar-refractivity contribution >= 4 is 11.8 Å². The maximum atomic E-state index is 12.9. The lowest BCUT2D eigenvalue weighted by Crippen LogP contribution is -2.42. The predicted molar refractivity (Wildman–Crippen MR) is 107 cm³/mol. The molecule has 0 spiro atoms. The van der Waals surface area contributed by atoms with Gasteiger partial charge in [-0.15, -0.1) is 0 Å². The van der Waals surface area contributed by atoms with E-state index >= 15 is 0 Å². The van der Waals surface area contributed by atoms with Crippen molar-refractivity contribution in [3.05, 3.63) is 65.5 Å². The topological polar surface area (TPSA) is 58.6 Å². The van der Waals surface area contributed by atoms with E-state index in [0.717, 1.165) is 5.56 Å². The Labute approximate surface area is 165 Å². The Bertz CT molecular complexity index is 773. The number of nitrogens with zero attached hydrogens (tertiary/aromatic N) is 1. The monoisotopic (exact) mass is 386 g/mol. The SMILES string of the molecule is CCN(CC(=O)NCc1ccc(F)cc1)C(=O)COc1ccc(C(C)C)cc1. The summed E-state index contributed by atoms with van der Waals surface area (Å²) in [5.74, 6) is 0.194. The van der Waals surface area contributed by atoms with Gasteiger partial charge < -0.3 is 15.0 Å². The lowest BCUT2D eigenvalue weighted by molar-refractivity contribution is -0.137. The van der Waals surface area contributed by atoms with Crippen molar-refractivity contribution in [3.63, 3.8) is 0 Å². The van der Waals surface area contributed by atoms with Gasteiger partial charge in [0.2, 0.25) is 5.91 Å². The van der Waals surface area contributed by atoms with Gasteiger partial charge in [0.25, 0.3) is 5.91 Å². The van der Waals surface area contributed by atoms with Crippen LogP contribution in [0.15, 0.2) is 48.5 Å². The Morgan fingerprint density at radius 1 is 1.07 bits per heavy atom. The Balaban J connectivity index is 1.79. The van der Waals surface area contributed by atoms with Crippen molar-refractivity contribution in [2.45, 2.75) is 33.2 Å². The number of nitrogens with one attached hydrogen (secondary N) is 1. The van der Waals surface area contributed by atoms with Gasteiger partial charge in [-0.05, 0) is 48.2 Å². The number of ether oxygens (including phenoxy) is 1. The molecule has 0 bridgehead atoms. The Morgan fingerprint density at radius 2 is 1.71 bits per heavy atom. The Morgan fingerprint density at radius 3 is 2.29 bits per heavy atom. The maximum Gasteiger partial charge on any atom is 0.260 e. The number of hydrogen-bond donors (Lipinski definition) is 1. The first-order chi connectivity index (χ1) is 13.4. The number of carbonyl (C=O) groups excluding carboxylic acids is 2. The third-order valence-corrected chi connectivity index (χ3v) is 4.38. The van der Waals surface area contributed by atoms with E-state index in [4.69, 9.17) is 4.74 Å². The molecule has 2 rings (SSSR count). The number of amides is 2. The minimum atomic E-state index is -0.323. The highest BCUT2D eigenvalue weighted by Gasteiger charge is 2.16. The fourth-order valence-corrected chi connectivity index (χ4v) is 2.59. The molecule has 0 heterocycles. The molecule has 1 N–H and O–H groups in total. The molecule has 2 aromatic carbocycles. The summed E-state index contributed by atoms with van der Waals surface area (Å²) < 4.78 is 18.4. The van der Waals surface area contributed by atoms with Crippen LogP contribution < -0.4 is 10.1 Å².